The Bertz CT molecular complexity index is 3180. The van der Waals surface area contributed by atoms with E-state index in [1.54, 1.807) is 6.20 Å². The molecule has 5 heteroatoms. The molecular weight excluding hydrogens is 653 g/mol. The van der Waals surface area contributed by atoms with Crippen molar-refractivity contribution in [3.05, 3.63) is 170 Å². The molecule has 0 radical (unpaired) electrons. The summed E-state index contributed by atoms with van der Waals surface area (Å²) in [6.07, 6.45) is 1.80. The van der Waals surface area contributed by atoms with Gasteiger partial charge in [-0.3, -0.25) is 0 Å². The summed E-state index contributed by atoms with van der Waals surface area (Å²) in [5.74, 6) is 0.650. The third-order valence-corrected chi connectivity index (χ3v) is 11.4. The molecule has 0 aliphatic carbocycles. The number of hydrogen-bond donors (Lipinski definition) is 0. The molecule has 0 atom stereocenters. The van der Waals surface area contributed by atoms with E-state index in [4.69, 9.17) is 9.97 Å². The maximum Gasteiger partial charge on any atom is 0.163 e. The van der Waals surface area contributed by atoms with Crippen LogP contribution >= 0.6 is 11.3 Å². The lowest BCUT2D eigenvalue weighted by molar-refractivity contribution is 1.17. The lowest BCUT2D eigenvalue weighted by Gasteiger charge is -2.13. The summed E-state index contributed by atoms with van der Waals surface area (Å²) >= 11 is 1.89. The number of aromatic nitrogens is 4. The summed E-state index contributed by atoms with van der Waals surface area (Å²) < 4.78 is 5.09. The first-order valence-corrected chi connectivity index (χ1v) is 18.3. The van der Waals surface area contributed by atoms with E-state index in [2.05, 4.69) is 161 Å². The Morgan fingerprint density at radius 1 is 0.462 bits per heavy atom. The number of thiophene rings is 1. The van der Waals surface area contributed by atoms with Crippen LogP contribution in [0.1, 0.15) is 0 Å². The van der Waals surface area contributed by atoms with Crippen molar-refractivity contribution in [2.24, 2.45) is 0 Å². The van der Waals surface area contributed by atoms with E-state index in [1.165, 1.54) is 58.3 Å². The SMILES string of the molecule is c1ccc(-c2cccc(-c3nc(-c4ccc(-n5c6ccccc6c6c7c8ccccc8sc7c7ccccc7c65)cc4)nc4ncccc34)c2)cc1. The van der Waals surface area contributed by atoms with Gasteiger partial charge < -0.3 is 4.57 Å². The predicted molar refractivity (Wildman–Crippen MR) is 218 cm³/mol. The Morgan fingerprint density at radius 2 is 1.15 bits per heavy atom. The molecule has 0 saturated heterocycles. The third kappa shape index (κ3) is 4.36. The highest BCUT2D eigenvalue weighted by Crippen LogP contribution is 2.48. The molecule has 0 saturated carbocycles. The number of para-hydroxylation sites is 1. The van der Waals surface area contributed by atoms with Gasteiger partial charge in [-0.1, -0.05) is 109 Å². The molecule has 242 valence electrons. The minimum Gasteiger partial charge on any atom is -0.309 e. The Balaban J connectivity index is 1.11. The van der Waals surface area contributed by atoms with Crippen LogP contribution in [-0.4, -0.2) is 19.5 Å². The topological polar surface area (TPSA) is 43.6 Å². The molecule has 11 aromatic rings. The van der Waals surface area contributed by atoms with Gasteiger partial charge in [-0.2, -0.15) is 0 Å². The van der Waals surface area contributed by atoms with Crippen molar-refractivity contribution in [1.82, 2.24) is 19.5 Å². The molecule has 0 bridgehead atoms. The molecule has 52 heavy (non-hydrogen) atoms. The second-order valence-corrected chi connectivity index (χ2v) is 14.2. The first kappa shape index (κ1) is 29.1. The van der Waals surface area contributed by atoms with Gasteiger partial charge in [0.1, 0.15) is 0 Å². The van der Waals surface area contributed by atoms with E-state index in [-0.39, 0.29) is 0 Å². The molecule has 11 rings (SSSR count). The molecular formula is C47H28N4S. The summed E-state index contributed by atoms with van der Waals surface area (Å²) in [7, 11) is 0. The number of nitrogens with zero attached hydrogens (tertiary/aromatic N) is 4. The number of hydrogen-bond acceptors (Lipinski definition) is 4. The van der Waals surface area contributed by atoms with Crippen molar-refractivity contribution in [2.75, 3.05) is 0 Å². The van der Waals surface area contributed by atoms with Crippen molar-refractivity contribution in [1.29, 1.82) is 0 Å². The van der Waals surface area contributed by atoms with Crippen molar-refractivity contribution in [2.45, 2.75) is 0 Å². The maximum absolute atomic E-state index is 5.21. The number of pyridine rings is 1. The van der Waals surface area contributed by atoms with E-state index < -0.39 is 0 Å². The number of fused-ring (bicyclic) bond motifs is 11. The first-order chi connectivity index (χ1) is 25.8. The van der Waals surface area contributed by atoms with Gasteiger partial charge in [0.15, 0.2) is 11.5 Å². The molecule has 4 aromatic heterocycles. The Hall–Kier alpha value is -6.69. The van der Waals surface area contributed by atoms with Crippen LogP contribution in [0.5, 0.6) is 0 Å². The second-order valence-electron chi connectivity index (χ2n) is 13.2. The fourth-order valence-electron chi connectivity index (χ4n) is 7.93. The highest BCUT2D eigenvalue weighted by Gasteiger charge is 2.22. The van der Waals surface area contributed by atoms with Crippen LogP contribution in [0.25, 0.3) is 103 Å². The van der Waals surface area contributed by atoms with Crippen LogP contribution in [0.2, 0.25) is 0 Å². The van der Waals surface area contributed by atoms with Crippen molar-refractivity contribution in [3.8, 4) is 39.5 Å². The third-order valence-electron chi connectivity index (χ3n) is 10.2. The van der Waals surface area contributed by atoms with Crippen molar-refractivity contribution < 1.29 is 0 Å². The summed E-state index contributed by atoms with van der Waals surface area (Å²) in [5.41, 5.74) is 9.34. The molecule has 4 heterocycles. The molecule has 0 aliphatic rings. The van der Waals surface area contributed by atoms with E-state index in [9.17, 15) is 0 Å². The quantitative estimate of drug-likeness (QED) is 0.186. The van der Waals surface area contributed by atoms with E-state index in [0.717, 1.165) is 33.5 Å². The van der Waals surface area contributed by atoms with E-state index >= 15 is 0 Å². The molecule has 0 amide bonds. The van der Waals surface area contributed by atoms with Crippen molar-refractivity contribution >= 4 is 75.1 Å². The van der Waals surface area contributed by atoms with Gasteiger partial charge in [-0.05, 0) is 65.7 Å². The maximum atomic E-state index is 5.21. The average molecular weight is 681 g/mol. The zero-order valence-electron chi connectivity index (χ0n) is 27.9. The predicted octanol–water partition coefficient (Wildman–Crippen LogP) is 12.6. The molecule has 0 fully saturated rings. The van der Waals surface area contributed by atoms with Crippen LogP contribution in [0.15, 0.2) is 170 Å². The van der Waals surface area contributed by atoms with Crippen LogP contribution in [0.3, 0.4) is 0 Å². The van der Waals surface area contributed by atoms with Crippen molar-refractivity contribution in [3.63, 3.8) is 0 Å². The van der Waals surface area contributed by atoms with Gasteiger partial charge in [-0.25, -0.2) is 15.0 Å². The molecule has 0 N–H and O–H groups in total. The minimum absolute atomic E-state index is 0.650. The van der Waals surface area contributed by atoms with Gasteiger partial charge in [0.25, 0.3) is 0 Å². The fourth-order valence-corrected chi connectivity index (χ4v) is 9.18. The Labute approximate surface area is 302 Å². The zero-order chi connectivity index (χ0) is 34.2. The van der Waals surface area contributed by atoms with Gasteiger partial charge in [-0.15, -0.1) is 11.3 Å². The molecule has 7 aromatic carbocycles. The van der Waals surface area contributed by atoms with Crippen LogP contribution in [-0.2, 0) is 0 Å². The van der Waals surface area contributed by atoms with Crippen LogP contribution in [0.4, 0.5) is 0 Å². The normalized spacial score (nSPS) is 11.8. The summed E-state index contributed by atoms with van der Waals surface area (Å²) in [6.45, 7) is 0. The standard InChI is InChI=1S/C47H28N4S/c1-2-12-29(13-3-1)31-14-10-15-32(28-31)43-38-20-11-27-48-47(38)50-46(49-43)30-23-25-33(26-24-30)51-39-21-8-6-18-36(39)41-42-37-19-7-9-22-40(37)52-45(42)35-17-5-4-16-34(35)44(41)51/h1-28H. The number of benzene rings is 7. The molecule has 4 nitrogen and oxygen atoms in total. The van der Waals surface area contributed by atoms with Gasteiger partial charge in [0.05, 0.1) is 16.7 Å². The largest absolute Gasteiger partial charge is 0.309 e. The number of rotatable bonds is 4. The van der Waals surface area contributed by atoms with Crippen LogP contribution in [0, 0.1) is 0 Å². The Morgan fingerprint density at radius 3 is 2.02 bits per heavy atom. The van der Waals surface area contributed by atoms with Gasteiger partial charge in [0.2, 0.25) is 0 Å². The highest BCUT2D eigenvalue weighted by molar-refractivity contribution is 7.27. The highest BCUT2D eigenvalue weighted by atomic mass is 32.1. The zero-order valence-corrected chi connectivity index (χ0v) is 28.7. The van der Waals surface area contributed by atoms with Crippen LogP contribution < -0.4 is 0 Å². The summed E-state index contributed by atoms with van der Waals surface area (Å²) in [4.78, 5) is 14.9. The fraction of sp³-hybridized carbons (Fsp3) is 0. The molecule has 0 unspecified atom stereocenters. The Kier molecular flexibility index (Phi) is 6.39. The lowest BCUT2D eigenvalue weighted by atomic mass is 10.00. The molecule has 0 spiro atoms. The van der Waals surface area contributed by atoms with E-state index in [0.29, 0.717) is 11.5 Å². The monoisotopic (exact) mass is 680 g/mol. The lowest BCUT2D eigenvalue weighted by Crippen LogP contribution is -1.98. The average Bonchev–Trinajstić information content (AvgIpc) is 3.78. The molecule has 0 aliphatic heterocycles. The second kappa shape index (κ2) is 11.4. The smallest absolute Gasteiger partial charge is 0.163 e. The summed E-state index contributed by atoms with van der Waals surface area (Å²) in [5, 5.41) is 8.67. The minimum atomic E-state index is 0.650. The van der Waals surface area contributed by atoms with E-state index in [1.807, 2.05) is 23.5 Å². The van der Waals surface area contributed by atoms with Gasteiger partial charge >= 0.3 is 0 Å². The first-order valence-electron chi connectivity index (χ1n) is 17.4. The summed E-state index contributed by atoms with van der Waals surface area (Å²) in [6, 6.07) is 58.2. The van der Waals surface area contributed by atoms with Gasteiger partial charge in [0, 0.05) is 70.1 Å².